The van der Waals surface area contributed by atoms with E-state index in [0.29, 0.717) is 29.4 Å². The molecule has 4 rings (SSSR count). The summed E-state index contributed by atoms with van der Waals surface area (Å²) < 4.78 is 0. The summed E-state index contributed by atoms with van der Waals surface area (Å²) in [6.45, 7) is 7.90. The number of carbonyl (C=O) groups excluding carboxylic acids is 1. The molecule has 0 saturated carbocycles. The molecule has 2 saturated heterocycles. The van der Waals surface area contributed by atoms with Crippen LogP contribution >= 0.6 is 0 Å². The van der Waals surface area contributed by atoms with Crippen LogP contribution in [0.3, 0.4) is 0 Å². The number of anilines is 1. The highest BCUT2D eigenvalue weighted by Crippen LogP contribution is 2.29. The van der Waals surface area contributed by atoms with E-state index in [1.54, 1.807) is 6.20 Å². The number of hydrogen-bond donors (Lipinski definition) is 1. The van der Waals surface area contributed by atoms with Crippen molar-refractivity contribution in [2.24, 2.45) is 5.92 Å². The summed E-state index contributed by atoms with van der Waals surface area (Å²) in [7, 11) is 3.76. The first-order valence-corrected chi connectivity index (χ1v) is 11.4. The molecule has 2 aromatic rings. The molecule has 1 amide bonds. The predicted molar refractivity (Wildman–Crippen MR) is 122 cm³/mol. The molecule has 4 heterocycles. The zero-order valence-corrected chi connectivity index (χ0v) is 19.1. The van der Waals surface area contributed by atoms with Gasteiger partial charge in [0.25, 0.3) is 5.56 Å². The van der Waals surface area contributed by atoms with Crippen molar-refractivity contribution >= 4 is 22.8 Å². The lowest BCUT2D eigenvalue weighted by Crippen LogP contribution is -2.47. The van der Waals surface area contributed by atoms with Gasteiger partial charge in [0, 0.05) is 57.0 Å². The minimum atomic E-state index is -0.165. The third-order valence-electron chi connectivity index (χ3n) is 6.78. The second-order valence-corrected chi connectivity index (χ2v) is 9.44. The van der Waals surface area contributed by atoms with Gasteiger partial charge in [-0.1, -0.05) is 0 Å². The van der Waals surface area contributed by atoms with Gasteiger partial charge in [-0.05, 0) is 58.7 Å². The number of amides is 1. The van der Waals surface area contributed by atoms with E-state index >= 15 is 0 Å². The number of hydrogen-bond acceptors (Lipinski definition) is 6. The molecule has 168 valence electrons. The number of fused-ring (bicyclic) bond motifs is 1. The van der Waals surface area contributed by atoms with Crippen molar-refractivity contribution < 1.29 is 4.79 Å². The monoisotopic (exact) mass is 426 g/mol. The van der Waals surface area contributed by atoms with Crippen molar-refractivity contribution in [3.63, 3.8) is 0 Å². The van der Waals surface area contributed by atoms with Gasteiger partial charge in [-0.3, -0.25) is 9.59 Å². The molecule has 2 aliphatic rings. The van der Waals surface area contributed by atoms with Gasteiger partial charge >= 0.3 is 0 Å². The van der Waals surface area contributed by atoms with Crippen LogP contribution in [-0.4, -0.2) is 77.0 Å². The van der Waals surface area contributed by atoms with Crippen LogP contribution in [0.2, 0.25) is 0 Å². The number of rotatable bonds is 4. The third-order valence-corrected chi connectivity index (χ3v) is 6.78. The van der Waals surface area contributed by atoms with E-state index in [0.717, 1.165) is 51.0 Å². The van der Waals surface area contributed by atoms with Gasteiger partial charge in [-0.2, -0.15) is 0 Å². The van der Waals surface area contributed by atoms with E-state index in [2.05, 4.69) is 33.7 Å². The maximum absolute atomic E-state index is 13.2. The number of aromatic nitrogens is 3. The Kier molecular flexibility index (Phi) is 6.27. The summed E-state index contributed by atoms with van der Waals surface area (Å²) in [6, 6.07) is 2.50. The number of nitrogens with one attached hydrogen (secondary N) is 1. The lowest BCUT2D eigenvalue weighted by Gasteiger charge is -2.38. The Morgan fingerprint density at radius 2 is 1.94 bits per heavy atom. The highest BCUT2D eigenvalue weighted by atomic mass is 16.2. The van der Waals surface area contributed by atoms with Crippen molar-refractivity contribution in [3.05, 3.63) is 28.3 Å². The number of likely N-dealkylation sites (tertiary alicyclic amines) is 2. The minimum absolute atomic E-state index is 0.125. The fourth-order valence-corrected chi connectivity index (χ4v) is 4.84. The van der Waals surface area contributed by atoms with E-state index < -0.39 is 0 Å². The number of nitrogens with zero attached hydrogens (tertiary/aromatic N) is 5. The van der Waals surface area contributed by atoms with Crippen LogP contribution < -0.4 is 10.5 Å². The van der Waals surface area contributed by atoms with E-state index in [1.165, 1.54) is 0 Å². The largest absolute Gasteiger partial charge is 0.347 e. The van der Waals surface area contributed by atoms with E-state index in [9.17, 15) is 9.59 Å². The fourth-order valence-electron chi connectivity index (χ4n) is 4.84. The van der Waals surface area contributed by atoms with Crippen molar-refractivity contribution in [3.8, 4) is 0 Å². The summed E-state index contributed by atoms with van der Waals surface area (Å²) in [5, 5.41) is 0.495. The van der Waals surface area contributed by atoms with Gasteiger partial charge in [0.05, 0.1) is 10.9 Å². The van der Waals surface area contributed by atoms with Crippen LogP contribution in [0.15, 0.2) is 17.1 Å². The first-order valence-electron chi connectivity index (χ1n) is 11.4. The first-order chi connectivity index (χ1) is 14.8. The molecule has 0 aliphatic carbocycles. The molecule has 2 fully saturated rings. The second-order valence-electron chi connectivity index (χ2n) is 9.44. The molecular weight excluding hydrogens is 392 g/mol. The predicted octanol–water partition coefficient (Wildman–Crippen LogP) is 2.21. The second kappa shape index (κ2) is 8.94. The summed E-state index contributed by atoms with van der Waals surface area (Å²) in [5.74, 6) is 1.12. The molecule has 0 bridgehead atoms. The van der Waals surface area contributed by atoms with Crippen molar-refractivity contribution in [2.75, 3.05) is 45.2 Å². The van der Waals surface area contributed by atoms with Crippen LogP contribution in [0.1, 0.15) is 51.1 Å². The van der Waals surface area contributed by atoms with Gasteiger partial charge in [-0.15, -0.1) is 0 Å². The Labute approximate surface area is 183 Å². The summed E-state index contributed by atoms with van der Waals surface area (Å²) in [6.07, 6.45) is 5.38. The minimum Gasteiger partial charge on any atom is -0.347 e. The van der Waals surface area contributed by atoms with Crippen LogP contribution in [0.5, 0.6) is 0 Å². The number of piperidine rings is 2. The molecule has 0 unspecified atom stereocenters. The van der Waals surface area contributed by atoms with Crippen LogP contribution in [0.4, 0.5) is 5.95 Å². The lowest BCUT2D eigenvalue weighted by atomic mass is 9.90. The number of carbonyl (C=O) groups is 1. The van der Waals surface area contributed by atoms with E-state index in [1.807, 2.05) is 30.0 Å². The Balaban J connectivity index is 1.50. The molecule has 8 nitrogen and oxygen atoms in total. The SMILES string of the molecule is CC(C)N1CCC(C(=O)N2CCC[C@H](c3cc4nc(N(C)C)ncc4c(=O)[nH]3)C2)CC1. The lowest BCUT2D eigenvalue weighted by molar-refractivity contribution is -0.138. The number of aromatic amines is 1. The molecular formula is C23H34N6O2. The molecule has 0 radical (unpaired) electrons. The Bertz CT molecular complexity index is 993. The molecule has 1 atom stereocenters. The van der Waals surface area contributed by atoms with Crippen LogP contribution in [-0.2, 0) is 4.79 Å². The topological polar surface area (TPSA) is 85.4 Å². The van der Waals surface area contributed by atoms with Crippen molar-refractivity contribution in [1.29, 1.82) is 0 Å². The van der Waals surface area contributed by atoms with Crippen LogP contribution in [0.25, 0.3) is 10.9 Å². The quantitative estimate of drug-likeness (QED) is 0.807. The smallest absolute Gasteiger partial charge is 0.259 e. The van der Waals surface area contributed by atoms with E-state index in [-0.39, 0.29) is 23.3 Å². The number of H-pyrrole nitrogens is 1. The van der Waals surface area contributed by atoms with Gasteiger partial charge in [0.15, 0.2) is 0 Å². The summed E-state index contributed by atoms with van der Waals surface area (Å²) >= 11 is 0. The molecule has 31 heavy (non-hydrogen) atoms. The Morgan fingerprint density at radius 1 is 1.19 bits per heavy atom. The number of pyridine rings is 1. The normalized spacial score (nSPS) is 21.1. The molecule has 1 N–H and O–H groups in total. The zero-order chi connectivity index (χ0) is 22.1. The van der Waals surface area contributed by atoms with Gasteiger partial charge < -0.3 is 19.7 Å². The Morgan fingerprint density at radius 3 is 2.61 bits per heavy atom. The van der Waals surface area contributed by atoms with Crippen LogP contribution in [0, 0.1) is 5.92 Å². The molecule has 0 spiro atoms. The fraction of sp³-hybridized carbons (Fsp3) is 0.652. The molecule has 0 aromatic carbocycles. The maximum Gasteiger partial charge on any atom is 0.259 e. The molecule has 2 aliphatic heterocycles. The highest BCUT2D eigenvalue weighted by Gasteiger charge is 2.32. The average Bonchev–Trinajstić information content (AvgIpc) is 2.78. The van der Waals surface area contributed by atoms with E-state index in [4.69, 9.17) is 0 Å². The van der Waals surface area contributed by atoms with Crippen molar-refractivity contribution in [1.82, 2.24) is 24.8 Å². The van der Waals surface area contributed by atoms with Crippen molar-refractivity contribution in [2.45, 2.75) is 51.5 Å². The van der Waals surface area contributed by atoms with Gasteiger partial charge in [0.1, 0.15) is 0 Å². The standard InChI is InChI=1S/C23H34N6O2/c1-15(2)28-10-7-16(8-11-28)22(31)29-9-5-6-17(14-29)19-12-20-18(21(30)25-19)13-24-23(26-20)27(3)4/h12-13,15-17H,5-11,14H2,1-4H3,(H,25,30)/t17-/m0/s1. The maximum atomic E-state index is 13.2. The first kappa shape index (κ1) is 21.7. The Hall–Kier alpha value is -2.48. The summed E-state index contributed by atoms with van der Waals surface area (Å²) in [4.78, 5) is 44.0. The summed E-state index contributed by atoms with van der Waals surface area (Å²) in [5.41, 5.74) is 1.36. The third kappa shape index (κ3) is 4.59. The van der Waals surface area contributed by atoms with Gasteiger partial charge in [-0.25, -0.2) is 9.97 Å². The highest BCUT2D eigenvalue weighted by molar-refractivity contribution is 5.80. The molecule has 2 aromatic heterocycles. The zero-order valence-electron chi connectivity index (χ0n) is 19.1. The van der Waals surface area contributed by atoms with Gasteiger partial charge in [0.2, 0.25) is 11.9 Å². The molecule has 8 heteroatoms. The average molecular weight is 427 g/mol.